The third kappa shape index (κ3) is 4.17. The van der Waals surface area contributed by atoms with Crippen LogP contribution in [0.25, 0.3) is 17.2 Å². The number of hydrogen-bond acceptors (Lipinski definition) is 1. The molecule has 0 aromatic heterocycles. The molecule has 0 saturated carbocycles. The minimum absolute atomic E-state index is 0. The first-order valence-electron chi connectivity index (χ1n) is 11.5. The fourth-order valence-electron chi connectivity index (χ4n) is 5.78. The van der Waals surface area contributed by atoms with Gasteiger partial charge >= 0.3 is 137 Å². The van der Waals surface area contributed by atoms with E-state index in [4.69, 9.17) is 0 Å². The Morgan fingerprint density at radius 3 is 2.21 bits per heavy atom. The van der Waals surface area contributed by atoms with Crippen molar-refractivity contribution in [2.45, 2.75) is 50.3 Å². The minimum Gasteiger partial charge on any atom is -1.00 e. The third-order valence-corrected chi connectivity index (χ3v) is 13.1. The van der Waals surface area contributed by atoms with Crippen molar-refractivity contribution in [2.24, 2.45) is 4.99 Å². The van der Waals surface area contributed by atoms with Crippen LogP contribution in [-0.4, -0.2) is 14.3 Å². The largest absolute Gasteiger partial charge is 1.00 e. The molecule has 2 aromatic carbocycles. The first-order valence-corrected chi connectivity index (χ1v) is 16.0. The first kappa shape index (κ1) is 27.3. The number of hydrogen-bond donors (Lipinski definition) is 0. The van der Waals surface area contributed by atoms with Gasteiger partial charge in [-0.3, -0.25) is 4.99 Å². The fraction of sp³-hybridized carbons (Fsp3) is 0.276. The number of fused-ring (bicyclic) bond motifs is 1. The van der Waals surface area contributed by atoms with Crippen molar-refractivity contribution >= 4 is 20.4 Å². The molecule has 0 N–H and O–H groups in total. The normalized spacial score (nSPS) is 20.0. The molecule has 0 saturated heterocycles. The van der Waals surface area contributed by atoms with Crippen LogP contribution in [0.5, 0.6) is 0 Å². The number of benzene rings is 2. The fourth-order valence-corrected chi connectivity index (χ4v) is 10.5. The van der Waals surface area contributed by atoms with Crippen LogP contribution in [0.1, 0.15) is 53.9 Å². The van der Waals surface area contributed by atoms with Crippen LogP contribution in [0.4, 0.5) is 0 Å². The Bertz CT molecular complexity index is 1290. The molecule has 3 heterocycles. The van der Waals surface area contributed by atoms with Gasteiger partial charge < -0.3 is 24.8 Å². The molecular weight excluding hydrogens is 553 g/mol. The van der Waals surface area contributed by atoms with Crippen molar-refractivity contribution in [1.29, 1.82) is 0 Å². The van der Waals surface area contributed by atoms with Gasteiger partial charge in [0.1, 0.15) is 8.07 Å². The van der Waals surface area contributed by atoms with Crippen molar-refractivity contribution in [3.63, 3.8) is 0 Å². The standard InChI is InChI=1S/C19H19.C10H11NSi.2ClH.Zr/c1-13(2)15-7-9-16(10-8-15)18-6-4-5-17-11-14(3)12-19(17)18;1-6-9-7-4-11-5-8(7)10(6)12(9,2)3;;;/h4-13H,1-3H3;4-5H,1-3H3;2*1H;/q;;;;+2/p-2. The van der Waals surface area contributed by atoms with Crippen LogP contribution in [0.2, 0.25) is 13.1 Å². The molecule has 0 amide bonds. The van der Waals surface area contributed by atoms with Gasteiger partial charge in [-0.2, -0.15) is 0 Å². The van der Waals surface area contributed by atoms with E-state index in [1.165, 1.54) is 44.5 Å². The Balaban J connectivity index is 0.000000199. The van der Waals surface area contributed by atoms with E-state index in [0.717, 1.165) is 0 Å². The summed E-state index contributed by atoms with van der Waals surface area (Å²) in [5.74, 6) is 0.594. The van der Waals surface area contributed by atoms with Crippen molar-refractivity contribution in [3.05, 3.63) is 98.0 Å². The third-order valence-electron chi connectivity index (χ3n) is 7.40. The van der Waals surface area contributed by atoms with E-state index in [-0.39, 0.29) is 24.8 Å². The van der Waals surface area contributed by atoms with Crippen LogP contribution >= 0.6 is 0 Å². The molecule has 3 aliphatic heterocycles. The Labute approximate surface area is 232 Å². The van der Waals surface area contributed by atoms with Gasteiger partial charge in [-0.15, -0.1) is 0 Å². The summed E-state index contributed by atoms with van der Waals surface area (Å²) in [6.45, 7) is 13.9. The average Bonchev–Trinajstić information content (AvgIpc) is 3.45. The molecule has 1 atom stereocenters. The van der Waals surface area contributed by atoms with E-state index in [2.05, 4.69) is 94.3 Å². The molecule has 1 nitrogen and oxygen atoms in total. The molecular formula is C29H30Cl2NSiZr. The number of nitrogens with zero attached hydrogens (tertiary/aromatic N) is 1. The second kappa shape index (κ2) is 10.0. The monoisotopic (exact) mass is 580 g/mol. The molecule has 0 radical (unpaired) electrons. The molecule has 1 unspecified atom stereocenters. The van der Waals surface area contributed by atoms with Crippen molar-refractivity contribution in [2.75, 3.05) is 0 Å². The Morgan fingerprint density at radius 2 is 1.62 bits per heavy atom. The molecule has 7 rings (SSSR count). The second-order valence-electron chi connectivity index (χ2n) is 10.1. The SMILES string of the molecule is CC1=C2C3=CN=CC3=C1[Si]2(C)C.CC1=Cc2c(-c3ccc(C(C)C)cc3)cccc2[CH]1[Zr+2].[Cl-].[Cl-]. The minimum atomic E-state index is -1.11. The molecule has 5 aliphatic rings. The number of allylic oxidation sites excluding steroid dienone is 6. The van der Waals surface area contributed by atoms with Crippen LogP contribution in [0.15, 0.2) is 86.3 Å². The summed E-state index contributed by atoms with van der Waals surface area (Å²) >= 11 is 1.59. The van der Waals surface area contributed by atoms with E-state index in [1.54, 1.807) is 40.7 Å². The van der Waals surface area contributed by atoms with E-state index in [0.29, 0.717) is 9.54 Å². The Hall–Kier alpha value is -1.25. The summed E-state index contributed by atoms with van der Waals surface area (Å²) < 4.78 is 0.645. The topological polar surface area (TPSA) is 12.4 Å². The summed E-state index contributed by atoms with van der Waals surface area (Å²) in [4.78, 5) is 4.19. The molecule has 2 aromatic rings. The predicted molar refractivity (Wildman–Crippen MR) is 136 cm³/mol. The van der Waals surface area contributed by atoms with Crippen LogP contribution < -0.4 is 24.8 Å². The van der Waals surface area contributed by atoms with Crippen LogP contribution in [0, 0.1) is 0 Å². The molecule has 2 aliphatic carbocycles. The van der Waals surface area contributed by atoms with Gasteiger partial charge in [0, 0.05) is 23.6 Å². The van der Waals surface area contributed by atoms with Crippen LogP contribution in [-0.2, 0) is 24.7 Å². The number of aliphatic imine (C=N–C) groups is 1. The first-order chi connectivity index (χ1) is 15.2. The molecule has 34 heavy (non-hydrogen) atoms. The van der Waals surface area contributed by atoms with Gasteiger partial charge in [0.05, 0.1) is 0 Å². The maximum absolute atomic E-state index is 4.19. The van der Waals surface area contributed by atoms with Gasteiger partial charge in [-0.25, -0.2) is 0 Å². The Morgan fingerprint density at radius 1 is 0.941 bits per heavy atom. The zero-order valence-electron chi connectivity index (χ0n) is 20.6. The average molecular weight is 583 g/mol. The molecule has 0 fully saturated rings. The van der Waals surface area contributed by atoms with E-state index in [9.17, 15) is 0 Å². The summed E-state index contributed by atoms with van der Waals surface area (Å²) in [7, 11) is -1.11. The second-order valence-corrected chi connectivity index (χ2v) is 15.8. The summed E-state index contributed by atoms with van der Waals surface area (Å²) in [5.41, 5.74) is 13.0. The molecule has 2 bridgehead atoms. The van der Waals surface area contributed by atoms with Crippen molar-refractivity contribution in [1.82, 2.24) is 0 Å². The number of halogens is 2. The molecule has 173 valence electrons. The zero-order chi connectivity index (χ0) is 22.8. The smallest absolute Gasteiger partial charge is 1.00 e. The maximum Gasteiger partial charge on any atom is -1.00 e. The molecule has 0 spiro atoms. The van der Waals surface area contributed by atoms with Crippen molar-refractivity contribution in [3.8, 4) is 11.1 Å². The maximum atomic E-state index is 4.19. The van der Waals surface area contributed by atoms with Gasteiger partial charge in [0.2, 0.25) is 0 Å². The Kier molecular flexibility index (Phi) is 8.05. The summed E-state index contributed by atoms with van der Waals surface area (Å²) in [6.07, 6.45) is 6.44. The van der Waals surface area contributed by atoms with E-state index < -0.39 is 8.07 Å². The van der Waals surface area contributed by atoms with Crippen molar-refractivity contribution < 1.29 is 49.5 Å². The summed E-state index contributed by atoms with van der Waals surface area (Å²) in [5, 5.41) is 3.31. The van der Waals surface area contributed by atoms with E-state index >= 15 is 0 Å². The number of rotatable bonds is 2. The van der Waals surface area contributed by atoms with Gasteiger partial charge in [0.25, 0.3) is 0 Å². The molecule has 5 heteroatoms. The van der Waals surface area contributed by atoms with Gasteiger partial charge in [-0.1, -0.05) is 18.7 Å². The predicted octanol–water partition coefficient (Wildman–Crippen LogP) is 1.87. The quantitative estimate of drug-likeness (QED) is 0.480. The van der Waals surface area contributed by atoms with E-state index in [1.807, 2.05) is 12.4 Å². The zero-order valence-corrected chi connectivity index (χ0v) is 25.6. The summed E-state index contributed by atoms with van der Waals surface area (Å²) in [6, 6.07) is 15.8. The van der Waals surface area contributed by atoms with Gasteiger partial charge in [0.15, 0.2) is 0 Å². The van der Waals surface area contributed by atoms with Gasteiger partial charge in [-0.05, 0) is 17.3 Å². The van der Waals surface area contributed by atoms with Crippen LogP contribution in [0.3, 0.4) is 0 Å².